The molecule has 0 saturated carbocycles. The number of aliphatic carboxylic acids is 1. The lowest BCUT2D eigenvalue weighted by atomic mass is 10.2. The Labute approximate surface area is 116 Å². The lowest BCUT2D eigenvalue weighted by Gasteiger charge is -2.19. The Balaban J connectivity index is 2.36. The lowest BCUT2D eigenvalue weighted by molar-refractivity contribution is -0.140. The first kappa shape index (κ1) is 15.3. The molecule has 10 heteroatoms. The molecular formula is C10H10F3NO4S2. The third kappa shape index (κ3) is 2.67. The summed E-state index contributed by atoms with van der Waals surface area (Å²) in [6.07, 6.45) is -4.09. The van der Waals surface area contributed by atoms with Crippen molar-refractivity contribution in [1.82, 2.24) is 4.31 Å². The topological polar surface area (TPSA) is 74.7 Å². The molecule has 1 saturated heterocycles. The minimum Gasteiger partial charge on any atom is -0.480 e. The molecule has 0 aliphatic carbocycles. The number of nitrogens with zero attached hydrogens (tertiary/aromatic N) is 1. The highest BCUT2D eigenvalue weighted by atomic mass is 32.2. The quantitative estimate of drug-likeness (QED) is 0.920. The van der Waals surface area contributed by atoms with Crippen molar-refractivity contribution < 1.29 is 31.5 Å². The molecule has 1 aliphatic rings. The van der Waals surface area contributed by atoms with Crippen LogP contribution in [0.1, 0.15) is 17.7 Å². The number of hydrogen-bond donors (Lipinski definition) is 1. The summed E-state index contributed by atoms with van der Waals surface area (Å²) in [5, 5.41) is 8.95. The molecule has 20 heavy (non-hydrogen) atoms. The molecule has 1 N–H and O–H groups in total. The van der Waals surface area contributed by atoms with E-state index in [9.17, 15) is 26.4 Å². The predicted octanol–water partition coefficient (Wildman–Crippen LogP) is 2.00. The average molecular weight is 329 g/mol. The summed E-state index contributed by atoms with van der Waals surface area (Å²) in [6, 6.07) is 0.333. The number of sulfonamides is 1. The SMILES string of the molecule is O=C(O)C1CCCN1S(=O)(=O)c1ccc(C(F)(F)F)s1. The van der Waals surface area contributed by atoms with Gasteiger partial charge in [-0.15, -0.1) is 11.3 Å². The molecule has 0 bridgehead atoms. The summed E-state index contributed by atoms with van der Waals surface area (Å²) in [4.78, 5) is 9.95. The first-order valence-corrected chi connectivity index (χ1v) is 7.81. The Morgan fingerprint density at radius 2 is 2.05 bits per heavy atom. The van der Waals surface area contributed by atoms with Crippen molar-refractivity contribution in [2.45, 2.75) is 29.3 Å². The molecule has 1 aromatic heterocycles. The second-order valence-electron chi connectivity index (χ2n) is 4.23. The van der Waals surface area contributed by atoms with E-state index in [1.807, 2.05) is 0 Å². The standard InChI is InChI=1S/C10H10F3NO4S2/c11-10(12,13)7-3-4-8(19-7)20(17,18)14-5-1-2-6(14)9(15)16/h3-4,6H,1-2,5H2,(H,15,16). The first-order chi connectivity index (χ1) is 9.14. The highest BCUT2D eigenvalue weighted by Crippen LogP contribution is 2.38. The number of hydrogen-bond acceptors (Lipinski definition) is 4. The summed E-state index contributed by atoms with van der Waals surface area (Å²) < 4.78 is 62.1. The molecule has 0 radical (unpaired) electrons. The van der Waals surface area contributed by atoms with Crippen LogP contribution in [0.2, 0.25) is 0 Å². The molecule has 2 heterocycles. The summed E-state index contributed by atoms with van der Waals surface area (Å²) in [6.45, 7) is -0.00144. The monoisotopic (exact) mass is 329 g/mol. The molecule has 1 unspecified atom stereocenters. The van der Waals surface area contributed by atoms with Gasteiger partial charge in [-0.1, -0.05) is 0 Å². The normalized spacial score (nSPS) is 21.2. The fraction of sp³-hybridized carbons (Fsp3) is 0.500. The Kier molecular flexibility index (Phi) is 3.82. The number of rotatable bonds is 3. The molecule has 1 aliphatic heterocycles. The van der Waals surface area contributed by atoms with Crippen LogP contribution in [0.5, 0.6) is 0 Å². The Hall–Kier alpha value is -1.13. The Morgan fingerprint density at radius 3 is 2.55 bits per heavy atom. The zero-order valence-electron chi connectivity index (χ0n) is 9.92. The third-order valence-corrected chi connectivity index (χ3v) is 6.42. The second-order valence-corrected chi connectivity index (χ2v) is 7.43. The van der Waals surface area contributed by atoms with Gasteiger partial charge in [-0.25, -0.2) is 8.42 Å². The van der Waals surface area contributed by atoms with Crippen molar-refractivity contribution in [3.8, 4) is 0 Å². The van der Waals surface area contributed by atoms with E-state index < -0.39 is 37.3 Å². The van der Waals surface area contributed by atoms with Crippen LogP contribution in [0.3, 0.4) is 0 Å². The highest BCUT2D eigenvalue weighted by molar-refractivity contribution is 7.91. The molecule has 5 nitrogen and oxygen atoms in total. The van der Waals surface area contributed by atoms with Gasteiger partial charge in [-0.2, -0.15) is 17.5 Å². The molecule has 2 rings (SSSR count). The fourth-order valence-electron chi connectivity index (χ4n) is 2.00. The van der Waals surface area contributed by atoms with Crippen LogP contribution in [0, 0.1) is 0 Å². The van der Waals surface area contributed by atoms with Gasteiger partial charge in [0.05, 0.1) is 0 Å². The van der Waals surface area contributed by atoms with Crippen LogP contribution in [0.15, 0.2) is 16.3 Å². The lowest BCUT2D eigenvalue weighted by Crippen LogP contribution is -2.40. The van der Waals surface area contributed by atoms with Crippen LogP contribution in [-0.4, -0.2) is 36.4 Å². The highest BCUT2D eigenvalue weighted by Gasteiger charge is 2.41. The number of carboxylic acid groups (broad SMARTS) is 1. The molecule has 1 aromatic rings. The summed E-state index contributed by atoms with van der Waals surface area (Å²) in [7, 11) is -4.20. The van der Waals surface area contributed by atoms with Crippen molar-refractivity contribution in [2.75, 3.05) is 6.54 Å². The van der Waals surface area contributed by atoms with Crippen molar-refractivity contribution in [3.05, 3.63) is 17.0 Å². The van der Waals surface area contributed by atoms with E-state index in [0.717, 1.165) is 10.4 Å². The third-order valence-electron chi connectivity index (χ3n) is 2.91. The first-order valence-electron chi connectivity index (χ1n) is 5.55. The maximum atomic E-state index is 12.5. The maximum absolute atomic E-state index is 12.5. The van der Waals surface area contributed by atoms with E-state index in [0.29, 0.717) is 12.5 Å². The predicted molar refractivity (Wildman–Crippen MR) is 63.9 cm³/mol. The minimum absolute atomic E-state index is 0.00144. The Bertz CT molecular complexity index is 623. The van der Waals surface area contributed by atoms with E-state index in [4.69, 9.17) is 5.11 Å². The summed E-state index contributed by atoms with van der Waals surface area (Å²) in [5.74, 6) is -1.29. The van der Waals surface area contributed by atoms with E-state index in [-0.39, 0.29) is 24.3 Å². The van der Waals surface area contributed by atoms with Crippen LogP contribution in [-0.2, 0) is 21.0 Å². The van der Waals surface area contributed by atoms with Crippen molar-refractivity contribution >= 4 is 27.3 Å². The molecule has 1 atom stereocenters. The maximum Gasteiger partial charge on any atom is 0.425 e. The van der Waals surface area contributed by atoms with Gasteiger partial charge in [0.1, 0.15) is 15.1 Å². The number of carbonyl (C=O) groups is 1. The average Bonchev–Trinajstić information content (AvgIpc) is 2.98. The number of thiophene rings is 1. The smallest absolute Gasteiger partial charge is 0.425 e. The molecule has 112 valence electrons. The van der Waals surface area contributed by atoms with Gasteiger partial charge >= 0.3 is 12.1 Å². The molecule has 0 amide bonds. The largest absolute Gasteiger partial charge is 0.480 e. The van der Waals surface area contributed by atoms with E-state index >= 15 is 0 Å². The molecule has 0 spiro atoms. The summed E-state index contributed by atoms with van der Waals surface area (Å²) >= 11 is 0.0998. The number of carboxylic acids is 1. The van der Waals surface area contributed by atoms with E-state index in [2.05, 4.69) is 0 Å². The van der Waals surface area contributed by atoms with Gasteiger partial charge in [-0.05, 0) is 25.0 Å². The number of alkyl halides is 3. The van der Waals surface area contributed by atoms with Crippen molar-refractivity contribution in [3.63, 3.8) is 0 Å². The van der Waals surface area contributed by atoms with Gasteiger partial charge in [-0.3, -0.25) is 4.79 Å². The van der Waals surface area contributed by atoms with Crippen molar-refractivity contribution in [1.29, 1.82) is 0 Å². The van der Waals surface area contributed by atoms with Crippen LogP contribution in [0.25, 0.3) is 0 Å². The summed E-state index contributed by atoms with van der Waals surface area (Å²) in [5.41, 5.74) is 0. The number of halogens is 3. The van der Waals surface area contributed by atoms with Gasteiger partial charge < -0.3 is 5.11 Å². The van der Waals surface area contributed by atoms with Crippen LogP contribution < -0.4 is 0 Å². The second kappa shape index (κ2) is 5.01. The zero-order valence-corrected chi connectivity index (χ0v) is 11.6. The Morgan fingerprint density at radius 1 is 1.40 bits per heavy atom. The van der Waals surface area contributed by atoms with Crippen LogP contribution >= 0.6 is 11.3 Å². The van der Waals surface area contributed by atoms with Gasteiger partial charge in [0.15, 0.2) is 0 Å². The van der Waals surface area contributed by atoms with Gasteiger partial charge in [0, 0.05) is 6.54 Å². The van der Waals surface area contributed by atoms with Crippen molar-refractivity contribution in [2.24, 2.45) is 0 Å². The van der Waals surface area contributed by atoms with Crippen LogP contribution in [0.4, 0.5) is 13.2 Å². The molecule has 1 fully saturated rings. The molecular weight excluding hydrogens is 319 g/mol. The van der Waals surface area contributed by atoms with Gasteiger partial charge in [0.25, 0.3) is 10.0 Å². The van der Waals surface area contributed by atoms with E-state index in [1.54, 1.807) is 0 Å². The molecule has 0 aromatic carbocycles. The van der Waals surface area contributed by atoms with E-state index in [1.165, 1.54) is 0 Å². The van der Waals surface area contributed by atoms with Gasteiger partial charge in [0.2, 0.25) is 0 Å². The fourth-order valence-corrected chi connectivity index (χ4v) is 4.95. The minimum atomic E-state index is -4.62. The zero-order chi connectivity index (χ0) is 15.1.